The molecule has 1 amide bonds. The van der Waals surface area contributed by atoms with Crippen LogP contribution in [0.5, 0.6) is 11.5 Å². The number of hydrogen-bond donors (Lipinski definition) is 3. The van der Waals surface area contributed by atoms with Gasteiger partial charge in [-0.1, -0.05) is 23.7 Å². The zero-order valence-corrected chi connectivity index (χ0v) is 21.9. The lowest BCUT2D eigenvalue weighted by Gasteiger charge is -2.32. The van der Waals surface area contributed by atoms with Crippen LogP contribution in [0.1, 0.15) is 27.9 Å². The van der Waals surface area contributed by atoms with Gasteiger partial charge in [0.1, 0.15) is 28.0 Å². The van der Waals surface area contributed by atoms with Gasteiger partial charge in [0.25, 0.3) is 11.5 Å². The molecule has 1 aromatic heterocycles. The van der Waals surface area contributed by atoms with E-state index < -0.39 is 11.4 Å². The number of rotatable bonds is 8. The molecule has 0 saturated carbocycles. The third-order valence-electron chi connectivity index (χ3n) is 5.94. The van der Waals surface area contributed by atoms with Crippen LogP contribution in [0.3, 0.4) is 0 Å². The predicted molar refractivity (Wildman–Crippen MR) is 143 cm³/mol. The Morgan fingerprint density at radius 1 is 1.17 bits per heavy atom. The first-order chi connectivity index (χ1) is 17.2. The first-order valence-electron chi connectivity index (χ1n) is 11.3. The SMILES string of the molecule is CNSNc1cccc(Oc2c(C(=O)N3CCC3)c(Nc3ccc(C)cc3F)n(C)c(=O)c2C)c1Cl. The molecule has 1 aliphatic rings. The van der Waals surface area contributed by atoms with Gasteiger partial charge < -0.3 is 19.7 Å². The number of pyridine rings is 1. The molecular weight excluding hydrogens is 505 g/mol. The number of amides is 1. The van der Waals surface area contributed by atoms with E-state index in [1.807, 2.05) is 0 Å². The number of hydrogen-bond acceptors (Lipinski definition) is 7. The third-order valence-corrected chi connectivity index (χ3v) is 6.85. The smallest absolute Gasteiger partial charge is 0.261 e. The minimum atomic E-state index is -0.503. The molecule has 0 atom stereocenters. The summed E-state index contributed by atoms with van der Waals surface area (Å²) in [4.78, 5) is 28.5. The summed E-state index contributed by atoms with van der Waals surface area (Å²) in [7, 11) is 3.29. The maximum absolute atomic E-state index is 14.8. The largest absolute Gasteiger partial charge is 0.454 e. The number of carbonyl (C=O) groups excluding carboxylic acids is 1. The molecule has 8 nitrogen and oxygen atoms in total. The van der Waals surface area contributed by atoms with Crippen LogP contribution in [0, 0.1) is 19.7 Å². The number of anilines is 3. The van der Waals surface area contributed by atoms with Crippen molar-refractivity contribution < 1.29 is 13.9 Å². The molecule has 0 radical (unpaired) electrons. The first kappa shape index (κ1) is 25.9. The number of likely N-dealkylation sites (tertiary alicyclic amines) is 1. The second kappa shape index (κ2) is 10.8. The van der Waals surface area contributed by atoms with Gasteiger partial charge in [0.15, 0.2) is 5.75 Å². The minimum Gasteiger partial charge on any atom is -0.454 e. The first-order valence-corrected chi connectivity index (χ1v) is 12.5. The molecular formula is C25H27ClFN5O3S. The Kier molecular flexibility index (Phi) is 7.77. The van der Waals surface area contributed by atoms with Crippen molar-refractivity contribution in [2.24, 2.45) is 7.05 Å². The fourth-order valence-corrected chi connectivity index (χ4v) is 4.45. The van der Waals surface area contributed by atoms with Crippen molar-refractivity contribution in [3.8, 4) is 11.5 Å². The Hall–Kier alpha value is -3.21. The van der Waals surface area contributed by atoms with Crippen LogP contribution in [0.25, 0.3) is 0 Å². The van der Waals surface area contributed by atoms with Gasteiger partial charge in [-0.15, -0.1) is 0 Å². The number of ether oxygens (including phenoxy) is 1. The molecule has 3 aromatic rings. The predicted octanol–water partition coefficient (Wildman–Crippen LogP) is 5.37. The van der Waals surface area contributed by atoms with E-state index in [-0.39, 0.29) is 45.1 Å². The summed E-state index contributed by atoms with van der Waals surface area (Å²) in [6.45, 7) is 4.54. The summed E-state index contributed by atoms with van der Waals surface area (Å²) in [5.74, 6) is -0.348. The van der Waals surface area contributed by atoms with Gasteiger partial charge in [0.05, 0.1) is 16.9 Å². The van der Waals surface area contributed by atoms with Crippen LogP contribution < -0.4 is 25.1 Å². The number of nitrogens with one attached hydrogen (secondary N) is 3. The van der Waals surface area contributed by atoms with E-state index in [1.165, 1.54) is 29.8 Å². The Labute approximate surface area is 218 Å². The second-order valence-corrected chi connectivity index (χ2v) is 9.62. The maximum atomic E-state index is 14.8. The molecule has 2 heterocycles. The highest BCUT2D eigenvalue weighted by Gasteiger charge is 2.32. The zero-order valence-electron chi connectivity index (χ0n) is 20.4. The van der Waals surface area contributed by atoms with Crippen LogP contribution in [-0.2, 0) is 7.05 Å². The van der Waals surface area contributed by atoms with E-state index in [4.69, 9.17) is 16.3 Å². The highest BCUT2D eigenvalue weighted by Crippen LogP contribution is 2.40. The standard InChI is InChI=1S/C25H27ClFN5O3S/c1-14-9-10-17(16(27)13-14)29-23-20(25(34)32-11-6-12-32)22(15(2)24(33)31(23)4)35-19-8-5-7-18(21(19)26)30-36-28-3/h5,7-10,13,28-30H,6,11-12H2,1-4H3. The molecule has 1 aliphatic heterocycles. The summed E-state index contributed by atoms with van der Waals surface area (Å²) < 4.78 is 28.2. The van der Waals surface area contributed by atoms with Crippen molar-refractivity contribution in [3.05, 3.63) is 74.3 Å². The summed E-state index contributed by atoms with van der Waals surface area (Å²) >= 11 is 7.81. The highest BCUT2D eigenvalue weighted by atomic mass is 35.5. The average Bonchev–Trinajstić information content (AvgIpc) is 2.81. The molecule has 11 heteroatoms. The van der Waals surface area contributed by atoms with E-state index in [0.29, 0.717) is 18.8 Å². The number of aromatic nitrogens is 1. The maximum Gasteiger partial charge on any atom is 0.261 e. The van der Waals surface area contributed by atoms with Gasteiger partial charge >= 0.3 is 0 Å². The molecule has 190 valence electrons. The van der Waals surface area contributed by atoms with E-state index >= 15 is 0 Å². The van der Waals surface area contributed by atoms with E-state index in [1.54, 1.807) is 56.1 Å². The third kappa shape index (κ3) is 5.02. The molecule has 0 bridgehead atoms. The summed E-state index contributed by atoms with van der Waals surface area (Å²) in [5, 5.41) is 3.25. The molecule has 0 aliphatic carbocycles. The van der Waals surface area contributed by atoms with Gasteiger partial charge in [-0.05, 0) is 57.1 Å². The van der Waals surface area contributed by atoms with E-state index in [2.05, 4.69) is 14.8 Å². The number of carbonyl (C=O) groups is 1. The van der Waals surface area contributed by atoms with Gasteiger partial charge in [-0.2, -0.15) is 0 Å². The number of nitrogens with zero attached hydrogens (tertiary/aromatic N) is 2. The molecule has 0 spiro atoms. The topological polar surface area (TPSA) is 87.6 Å². The van der Waals surface area contributed by atoms with Crippen LogP contribution in [-0.4, -0.2) is 35.5 Å². The normalized spacial score (nSPS) is 12.8. The summed E-state index contributed by atoms with van der Waals surface area (Å²) in [6, 6.07) is 9.86. The fraction of sp³-hybridized carbons (Fsp3) is 0.280. The lowest BCUT2D eigenvalue weighted by Crippen LogP contribution is -2.43. The van der Waals surface area contributed by atoms with E-state index in [0.717, 1.165) is 12.0 Å². The molecule has 36 heavy (non-hydrogen) atoms. The Morgan fingerprint density at radius 3 is 2.56 bits per heavy atom. The van der Waals surface area contributed by atoms with Crippen molar-refractivity contribution in [2.75, 3.05) is 30.2 Å². The van der Waals surface area contributed by atoms with Crippen molar-refractivity contribution in [3.63, 3.8) is 0 Å². The summed E-state index contributed by atoms with van der Waals surface area (Å²) in [6.07, 6.45) is 0.880. The molecule has 0 unspecified atom stereocenters. The Bertz CT molecular complexity index is 1380. The lowest BCUT2D eigenvalue weighted by molar-refractivity contribution is 0.0649. The van der Waals surface area contributed by atoms with Crippen LogP contribution in [0.4, 0.5) is 21.6 Å². The number of aryl methyl sites for hydroxylation is 1. The molecule has 1 saturated heterocycles. The van der Waals surface area contributed by atoms with Crippen LogP contribution in [0.15, 0.2) is 41.2 Å². The van der Waals surface area contributed by atoms with Crippen molar-refractivity contribution >= 4 is 46.8 Å². The molecule has 4 rings (SSSR count). The average molecular weight is 532 g/mol. The second-order valence-electron chi connectivity index (χ2n) is 8.42. The van der Waals surface area contributed by atoms with Crippen molar-refractivity contribution in [2.45, 2.75) is 20.3 Å². The van der Waals surface area contributed by atoms with Gasteiger partial charge in [0, 0.05) is 32.3 Å². The number of benzene rings is 2. The lowest BCUT2D eigenvalue weighted by atomic mass is 10.1. The monoisotopic (exact) mass is 531 g/mol. The Balaban J connectivity index is 1.88. The highest BCUT2D eigenvalue weighted by molar-refractivity contribution is 7.98. The van der Waals surface area contributed by atoms with Crippen LogP contribution >= 0.6 is 23.7 Å². The molecule has 1 fully saturated rings. The quantitative estimate of drug-likeness (QED) is 0.337. The van der Waals surface area contributed by atoms with Crippen molar-refractivity contribution in [1.29, 1.82) is 0 Å². The zero-order chi connectivity index (χ0) is 26.0. The van der Waals surface area contributed by atoms with E-state index in [9.17, 15) is 14.0 Å². The fourth-order valence-electron chi connectivity index (χ4n) is 3.80. The van der Waals surface area contributed by atoms with Gasteiger partial charge in [-0.25, -0.2) is 9.11 Å². The Morgan fingerprint density at radius 2 is 1.92 bits per heavy atom. The van der Waals surface area contributed by atoms with Gasteiger partial charge in [0.2, 0.25) is 0 Å². The summed E-state index contributed by atoms with van der Waals surface area (Å²) in [5.41, 5.74) is 1.44. The minimum absolute atomic E-state index is 0.0744. The molecule has 3 N–H and O–H groups in total. The van der Waals surface area contributed by atoms with Crippen molar-refractivity contribution in [1.82, 2.24) is 14.2 Å². The molecule has 2 aromatic carbocycles. The van der Waals surface area contributed by atoms with Gasteiger partial charge in [-0.3, -0.25) is 14.2 Å². The van der Waals surface area contributed by atoms with Crippen LogP contribution in [0.2, 0.25) is 5.02 Å². The number of halogens is 2.